The second-order valence-corrected chi connectivity index (χ2v) is 9.02. The fourth-order valence-electron chi connectivity index (χ4n) is 4.72. The summed E-state index contributed by atoms with van der Waals surface area (Å²) in [7, 11) is 2.17. The molecule has 0 aliphatic carbocycles. The number of nitrogens with zero attached hydrogens (tertiary/aromatic N) is 4. The maximum absolute atomic E-state index is 12.9. The molecule has 6 rings (SSSR count). The number of fused-ring (bicyclic) bond motifs is 4. The lowest BCUT2D eigenvalue weighted by molar-refractivity contribution is 0.0619. The van der Waals surface area contributed by atoms with E-state index in [4.69, 9.17) is 0 Å². The number of nitrogens with one attached hydrogen (secondary N) is 1. The highest BCUT2D eigenvalue weighted by molar-refractivity contribution is 7.13. The first kappa shape index (κ1) is 17.4. The summed E-state index contributed by atoms with van der Waals surface area (Å²) >= 11 is 1.44. The molecule has 1 N–H and O–H groups in total. The molecular weight excluding hydrogens is 358 g/mol. The number of hydrogen-bond acceptors (Lipinski definition) is 6. The van der Waals surface area contributed by atoms with Gasteiger partial charge in [0.15, 0.2) is 0 Å². The average Bonchev–Trinajstić information content (AvgIpc) is 3.13. The quantitative estimate of drug-likeness (QED) is 0.874. The van der Waals surface area contributed by atoms with Crippen LogP contribution in [0.1, 0.15) is 23.3 Å². The lowest BCUT2D eigenvalue weighted by Gasteiger charge is -2.44. The Morgan fingerprint density at radius 3 is 2.63 bits per heavy atom. The Morgan fingerprint density at radius 1 is 1.15 bits per heavy atom. The number of rotatable bonds is 3. The van der Waals surface area contributed by atoms with Gasteiger partial charge in [-0.2, -0.15) is 4.37 Å². The van der Waals surface area contributed by atoms with E-state index in [0.717, 1.165) is 42.8 Å². The second kappa shape index (κ2) is 7.04. The highest BCUT2D eigenvalue weighted by Crippen LogP contribution is 2.30. The summed E-state index contributed by atoms with van der Waals surface area (Å²) in [6, 6.07) is 6.70. The topological polar surface area (TPSA) is 51.7 Å². The van der Waals surface area contributed by atoms with Crippen molar-refractivity contribution < 1.29 is 4.79 Å². The van der Waals surface area contributed by atoms with Gasteiger partial charge in [-0.05, 0) is 68.6 Å². The summed E-state index contributed by atoms with van der Waals surface area (Å²) in [5.41, 5.74) is 1.83. The molecule has 27 heavy (non-hydrogen) atoms. The fourth-order valence-corrected chi connectivity index (χ4v) is 5.52. The Bertz CT molecular complexity index is 836. The van der Waals surface area contributed by atoms with Crippen molar-refractivity contribution in [1.82, 2.24) is 19.5 Å². The number of amides is 1. The zero-order valence-corrected chi connectivity index (χ0v) is 16.7. The van der Waals surface area contributed by atoms with Crippen LogP contribution >= 0.6 is 11.5 Å². The van der Waals surface area contributed by atoms with Gasteiger partial charge in [-0.1, -0.05) is 0 Å². The van der Waals surface area contributed by atoms with Gasteiger partial charge in [0.2, 0.25) is 0 Å². The average molecular weight is 386 g/mol. The molecule has 0 saturated carbocycles. The summed E-state index contributed by atoms with van der Waals surface area (Å²) in [5.74, 6) is 0.625. The summed E-state index contributed by atoms with van der Waals surface area (Å²) < 4.78 is 5.61. The van der Waals surface area contributed by atoms with E-state index in [1.54, 1.807) is 0 Å². The smallest absolute Gasteiger partial charge is 0.271 e. The molecule has 1 aromatic carbocycles. The summed E-state index contributed by atoms with van der Waals surface area (Å²) in [6.07, 6.45) is 2.41. The largest absolute Gasteiger partial charge is 0.369 e. The van der Waals surface area contributed by atoms with Crippen LogP contribution in [0, 0.1) is 5.92 Å². The van der Waals surface area contributed by atoms with Crippen molar-refractivity contribution in [1.29, 1.82) is 0 Å². The van der Waals surface area contributed by atoms with E-state index in [0.29, 0.717) is 11.6 Å². The maximum Gasteiger partial charge on any atom is 0.271 e. The molecule has 2 bridgehead atoms. The fraction of sp³-hybridized carbons (Fsp3) is 0.600. The molecule has 0 radical (unpaired) electrons. The van der Waals surface area contributed by atoms with E-state index in [9.17, 15) is 4.79 Å². The number of piperidine rings is 3. The molecule has 1 aromatic heterocycles. The number of hydrogen-bond donors (Lipinski definition) is 1. The summed E-state index contributed by atoms with van der Waals surface area (Å²) in [5, 5.41) is 4.26. The van der Waals surface area contributed by atoms with Gasteiger partial charge in [0.25, 0.3) is 5.91 Å². The Labute approximate surface area is 164 Å². The van der Waals surface area contributed by atoms with Crippen molar-refractivity contribution in [2.24, 2.45) is 5.92 Å². The molecule has 0 spiro atoms. The lowest BCUT2D eigenvalue weighted by Crippen LogP contribution is -2.57. The van der Waals surface area contributed by atoms with Gasteiger partial charge in [-0.25, -0.2) is 0 Å². The molecule has 1 atom stereocenters. The second-order valence-electron chi connectivity index (χ2n) is 8.22. The molecule has 4 aliphatic heterocycles. The Kier molecular flexibility index (Phi) is 4.53. The van der Waals surface area contributed by atoms with Crippen LogP contribution < -0.4 is 10.2 Å². The molecule has 4 saturated heterocycles. The zero-order chi connectivity index (χ0) is 18.4. The number of anilines is 1. The highest BCUT2D eigenvalue weighted by Gasteiger charge is 2.35. The standard InChI is InChI=1S/C20H27N5OS/c1-23-8-10-25(11-9-23)15-2-3-16-18(12-15)27-22-19(16)20(26)21-17-13-24-6-4-14(17)5-7-24/h2-3,12,14,17H,4-11,13H2,1H3,(H,21,26)/t17-/m0/s1. The van der Waals surface area contributed by atoms with Crippen LogP contribution in [0.3, 0.4) is 0 Å². The van der Waals surface area contributed by atoms with E-state index in [1.165, 1.54) is 43.2 Å². The van der Waals surface area contributed by atoms with Crippen LogP contribution in [0.15, 0.2) is 18.2 Å². The third kappa shape index (κ3) is 3.32. The number of likely N-dealkylation sites (N-methyl/N-ethyl adjacent to an activating group) is 1. The van der Waals surface area contributed by atoms with Crippen LogP contribution in [0.25, 0.3) is 10.1 Å². The molecule has 4 fully saturated rings. The van der Waals surface area contributed by atoms with Crippen LogP contribution in [0.4, 0.5) is 5.69 Å². The van der Waals surface area contributed by atoms with Gasteiger partial charge in [0, 0.05) is 49.8 Å². The minimum absolute atomic E-state index is 0.00709. The van der Waals surface area contributed by atoms with Crippen LogP contribution in [0.5, 0.6) is 0 Å². The Hall–Kier alpha value is -1.70. The van der Waals surface area contributed by atoms with E-state index in [-0.39, 0.29) is 11.9 Å². The lowest BCUT2D eigenvalue weighted by atomic mass is 9.84. The van der Waals surface area contributed by atoms with Crippen LogP contribution in [-0.2, 0) is 0 Å². The van der Waals surface area contributed by atoms with E-state index < -0.39 is 0 Å². The van der Waals surface area contributed by atoms with Gasteiger partial charge >= 0.3 is 0 Å². The van der Waals surface area contributed by atoms with Gasteiger partial charge < -0.3 is 20.0 Å². The summed E-state index contributed by atoms with van der Waals surface area (Å²) in [6.45, 7) is 7.65. The van der Waals surface area contributed by atoms with Gasteiger partial charge in [-0.3, -0.25) is 4.79 Å². The van der Waals surface area contributed by atoms with Crippen molar-refractivity contribution >= 4 is 33.2 Å². The zero-order valence-electron chi connectivity index (χ0n) is 15.9. The van der Waals surface area contributed by atoms with Gasteiger partial charge in [-0.15, -0.1) is 0 Å². The number of piperazine rings is 1. The van der Waals surface area contributed by atoms with E-state index in [1.807, 2.05) is 0 Å². The molecule has 1 amide bonds. The van der Waals surface area contributed by atoms with E-state index >= 15 is 0 Å². The highest BCUT2D eigenvalue weighted by atomic mass is 32.1. The third-order valence-corrected chi connectivity index (χ3v) is 7.32. The molecule has 7 heteroatoms. The Morgan fingerprint density at radius 2 is 1.93 bits per heavy atom. The van der Waals surface area contributed by atoms with Gasteiger partial charge in [0.1, 0.15) is 5.69 Å². The predicted molar refractivity (Wildman–Crippen MR) is 110 cm³/mol. The minimum Gasteiger partial charge on any atom is -0.369 e. The first-order valence-electron chi connectivity index (χ1n) is 10.0. The molecular formula is C20H27N5OS. The number of carbonyl (C=O) groups excluding carboxylic acids is 1. The Balaban J connectivity index is 1.33. The number of carbonyl (C=O) groups is 1. The van der Waals surface area contributed by atoms with Crippen LogP contribution in [0.2, 0.25) is 0 Å². The SMILES string of the molecule is CN1CCN(c2ccc3c(C(=O)N[C@H]4CN5CCC4CC5)nsc3c2)CC1. The molecule has 144 valence electrons. The van der Waals surface area contributed by atoms with Crippen molar-refractivity contribution in [3.8, 4) is 0 Å². The number of aromatic nitrogens is 1. The predicted octanol–water partition coefficient (Wildman–Crippen LogP) is 1.87. The van der Waals surface area contributed by atoms with Crippen molar-refractivity contribution in [2.75, 3.05) is 57.8 Å². The molecule has 4 aliphatic rings. The first-order chi connectivity index (χ1) is 13.2. The number of benzene rings is 1. The molecule has 6 nitrogen and oxygen atoms in total. The first-order valence-corrected chi connectivity index (χ1v) is 10.8. The molecule has 2 aromatic rings. The summed E-state index contributed by atoms with van der Waals surface area (Å²) in [4.78, 5) is 20.1. The van der Waals surface area contributed by atoms with Crippen LogP contribution in [-0.4, -0.2) is 79.0 Å². The van der Waals surface area contributed by atoms with Crippen molar-refractivity contribution in [3.05, 3.63) is 23.9 Å². The van der Waals surface area contributed by atoms with E-state index in [2.05, 4.69) is 49.6 Å². The normalized spacial score (nSPS) is 28.6. The monoisotopic (exact) mass is 385 g/mol. The van der Waals surface area contributed by atoms with Crippen molar-refractivity contribution in [2.45, 2.75) is 18.9 Å². The van der Waals surface area contributed by atoms with Gasteiger partial charge in [0.05, 0.1) is 4.70 Å². The molecule has 0 unspecified atom stereocenters. The maximum atomic E-state index is 12.9. The third-order valence-electron chi connectivity index (χ3n) is 6.51. The molecule has 5 heterocycles. The van der Waals surface area contributed by atoms with Crippen molar-refractivity contribution in [3.63, 3.8) is 0 Å². The minimum atomic E-state index is -0.00709.